The number of ether oxygens (including phenoxy) is 1. The van der Waals surface area contributed by atoms with Crippen LogP contribution in [0, 0.1) is 5.92 Å². The molecule has 2 aromatic carbocycles. The number of benzene rings is 2. The molecular weight excluding hydrogens is 368 g/mol. The van der Waals surface area contributed by atoms with Crippen LogP contribution in [0.2, 0.25) is 0 Å². The van der Waals surface area contributed by atoms with Gasteiger partial charge in [-0.3, -0.25) is 9.59 Å². The number of para-hydroxylation sites is 3. The first-order valence-corrected chi connectivity index (χ1v) is 10.0. The minimum atomic E-state index is -0.179. The van der Waals surface area contributed by atoms with Crippen LogP contribution in [0.3, 0.4) is 0 Å². The Morgan fingerprint density at radius 1 is 1.10 bits per heavy atom. The second-order valence-electron chi connectivity index (χ2n) is 7.64. The van der Waals surface area contributed by atoms with E-state index >= 15 is 0 Å². The first kappa shape index (κ1) is 20.7. The Bertz CT molecular complexity index is 857. The van der Waals surface area contributed by atoms with Crippen LogP contribution >= 0.6 is 0 Å². The molecule has 29 heavy (non-hydrogen) atoms. The van der Waals surface area contributed by atoms with Gasteiger partial charge in [0.1, 0.15) is 11.5 Å². The minimum Gasteiger partial charge on any atom is -0.506 e. The lowest BCUT2D eigenvalue weighted by atomic mass is 9.95. The van der Waals surface area contributed by atoms with E-state index in [1.54, 1.807) is 23.1 Å². The first-order valence-electron chi connectivity index (χ1n) is 10.0. The Morgan fingerprint density at radius 2 is 1.76 bits per heavy atom. The number of phenols is 1. The third kappa shape index (κ3) is 5.28. The largest absolute Gasteiger partial charge is 0.506 e. The summed E-state index contributed by atoms with van der Waals surface area (Å²) in [6.07, 6.45) is 1.18. The average Bonchev–Trinajstić information content (AvgIpc) is 2.74. The van der Waals surface area contributed by atoms with E-state index in [-0.39, 0.29) is 30.1 Å². The van der Waals surface area contributed by atoms with Crippen molar-refractivity contribution in [1.82, 2.24) is 4.90 Å². The molecule has 0 bridgehead atoms. The maximum absolute atomic E-state index is 12.5. The van der Waals surface area contributed by atoms with E-state index in [1.165, 1.54) is 6.07 Å². The molecular formula is C23H28N2O4. The highest BCUT2D eigenvalue weighted by Crippen LogP contribution is 2.27. The highest BCUT2D eigenvalue weighted by Gasteiger charge is 2.28. The van der Waals surface area contributed by atoms with Crippen molar-refractivity contribution in [3.63, 3.8) is 0 Å². The van der Waals surface area contributed by atoms with Crippen LogP contribution in [0.1, 0.15) is 38.2 Å². The minimum absolute atomic E-state index is 0.00150. The van der Waals surface area contributed by atoms with Gasteiger partial charge < -0.3 is 20.1 Å². The standard InChI is InChI=1S/C23H28N2O4/c1-16(2)18-7-3-6-10-21(18)29-15-22(27)25-13-11-17(12-14-25)23(28)24-19-8-4-5-9-20(19)26/h3-10,16-17,26H,11-15H2,1-2H3,(H,24,28). The van der Waals surface area contributed by atoms with Crippen molar-refractivity contribution in [2.45, 2.75) is 32.6 Å². The molecule has 0 aromatic heterocycles. The molecule has 0 spiro atoms. The third-order valence-electron chi connectivity index (χ3n) is 5.27. The number of aromatic hydroxyl groups is 1. The highest BCUT2D eigenvalue weighted by molar-refractivity contribution is 5.94. The molecule has 2 aromatic rings. The molecule has 154 valence electrons. The van der Waals surface area contributed by atoms with Gasteiger partial charge in [0.05, 0.1) is 5.69 Å². The van der Waals surface area contributed by atoms with Crippen molar-refractivity contribution in [2.24, 2.45) is 5.92 Å². The molecule has 3 rings (SSSR count). The Hall–Kier alpha value is -3.02. The summed E-state index contributed by atoms with van der Waals surface area (Å²) in [7, 11) is 0. The number of piperidine rings is 1. The van der Waals surface area contributed by atoms with Crippen molar-refractivity contribution in [3.8, 4) is 11.5 Å². The average molecular weight is 396 g/mol. The number of carbonyl (C=O) groups excluding carboxylic acids is 2. The summed E-state index contributed by atoms with van der Waals surface area (Å²) in [5, 5.41) is 12.6. The fourth-order valence-electron chi connectivity index (χ4n) is 3.52. The molecule has 0 radical (unpaired) electrons. The van der Waals surface area contributed by atoms with Crippen molar-refractivity contribution >= 4 is 17.5 Å². The number of nitrogens with one attached hydrogen (secondary N) is 1. The molecule has 0 saturated carbocycles. The van der Waals surface area contributed by atoms with E-state index in [0.29, 0.717) is 37.5 Å². The predicted molar refractivity (Wildman–Crippen MR) is 112 cm³/mol. The number of rotatable bonds is 6. The van der Waals surface area contributed by atoms with Gasteiger partial charge in [0.15, 0.2) is 6.61 Å². The Labute approximate surface area is 171 Å². The normalized spacial score (nSPS) is 14.7. The zero-order valence-corrected chi connectivity index (χ0v) is 16.9. The maximum atomic E-state index is 12.5. The van der Waals surface area contributed by atoms with Crippen LogP contribution in [0.15, 0.2) is 48.5 Å². The molecule has 6 heteroatoms. The molecule has 6 nitrogen and oxygen atoms in total. The number of anilines is 1. The number of amides is 2. The summed E-state index contributed by atoms with van der Waals surface area (Å²) in [4.78, 5) is 26.7. The smallest absolute Gasteiger partial charge is 0.260 e. The Balaban J connectivity index is 1.48. The zero-order valence-electron chi connectivity index (χ0n) is 16.9. The maximum Gasteiger partial charge on any atom is 0.260 e. The van der Waals surface area contributed by atoms with Crippen LogP contribution in [0.25, 0.3) is 0 Å². The van der Waals surface area contributed by atoms with Crippen LogP contribution in [0.5, 0.6) is 11.5 Å². The van der Waals surface area contributed by atoms with Gasteiger partial charge in [-0.2, -0.15) is 0 Å². The second kappa shape index (κ2) is 9.45. The lowest BCUT2D eigenvalue weighted by Gasteiger charge is -2.31. The monoisotopic (exact) mass is 396 g/mol. The van der Waals surface area contributed by atoms with Gasteiger partial charge in [0, 0.05) is 19.0 Å². The van der Waals surface area contributed by atoms with Gasteiger partial charge >= 0.3 is 0 Å². The summed E-state index contributed by atoms with van der Waals surface area (Å²) in [6.45, 7) is 5.22. The van der Waals surface area contributed by atoms with Crippen LogP contribution < -0.4 is 10.1 Å². The van der Waals surface area contributed by atoms with Crippen molar-refractivity contribution < 1.29 is 19.4 Å². The first-order chi connectivity index (χ1) is 14.0. The number of phenolic OH excluding ortho intramolecular Hbond substituents is 1. The predicted octanol–water partition coefficient (Wildman–Crippen LogP) is 3.77. The molecule has 1 saturated heterocycles. The fraction of sp³-hybridized carbons (Fsp3) is 0.391. The van der Waals surface area contributed by atoms with Gasteiger partial charge in [0.2, 0.25) is 5.91 Å². The molecule has 1 fully saturated rings. The Morgan fingerprint density at radius 3 is 2.45 bits per heavy atom. The van der Waals surface area contributed by atoms with Crippen molar-refractivity contribution in [3.05, 3.63) is 54.1 Å². The van der Waals surface area contributed by atoms with E-state index in [0.717, 1.165) is 11.3 Å². The van der Waals surface area contributed by atoms with E-state index in [2.05, 4.69) is 19.2 Å². The zero-order chi connectivity index (χ0) is 20.8. The van der Waals surface area contributed by atoms with Gasteiger partial charge in [-0.1, -0.05) is 44.2 Å². The highest BCUT2D eigenvalue weighted by atomic mass is 16.5. The van der Waals surface area contributed by atoms with Gasteiger partial charge in [-0.15, -0.1) is 0 Å². The van der Waals surface area contributed by atoms with Gasteiger partial charge in [0.25, 0.3) is 5.91 Å². The quantitative estimate of drug-likeness (QED) is 0.729. The van der Waals surface area contributed by atoms with Crippen LogP contribution in [0.4, 0.5) is 5.69 Å². The molecule has 0 atom stereocenters. The summed E-state index contributed by atoms with van der Waals surface area (Å²) >= 11 is 0. The van der Waals surface area contributed by atoms with E-state index in [9.17, 15) is 14.7 Å². The van der Waals surface area contributed by atoms with E-state index in [1.807, 2.05) is 24.3 Å². The number of carbonyl (C=O) groups is 2. The molecule has 1 aliphatic rings. The molecule has 2 N–H and O–H groups in total. The number of hydrogen-bond donors (Lipinski definition) is 2. The second-order valence-corrected chi connectivity index (χ2v) is 7.64. The summed E-state index contributed by atoms with van der Waals surface area (Å²) in [6, 6.07) is 14.4. The molecule has 1 heterocycles. The molecule has 0 aliphatic carbocycles. The SMILES string of the molecule is CC(C)c1ccccc1OCC(=O)N1CCC(C(=O)Nc2ccccc2O)CC1. The third-order valence-corrected chi connectivity index (χ3v) is 5.27. The van der Waals surface area contributed by atoms with E-state index < -0.39 is 0 Å². The molecule has 2 amide bonds. The Kier molecular flexibility index (Phi) is 6.75. The van der Waals surface area contributed by atoms with Crippen molar-refractivity contribution in [2.75, 3.05) is 25.0 Å². The molecule has 0 unspecified atom stereocenters. The number of hydrogen-bond acceptors (Lipinski definition) is 4. The fourth-order valence-corrected chi connectivity index (χ4v) is 3.52. The molecule has 1 aliphatic heterocycles. The summed E-state index contributed by atoms with van der Waals surface area (Å²) in [5.74, 6) is 0.741. The topological polar surface area (TPSA) is 78.9 Å². The van der Waals surface area contributed by atoms with Gasteiger partial charge in [-0.25, -0.2) is 0 Å². The van der Waals surface area contributed by atoms with Crippen LogP contribution in [-0.2, 0) is 9.59 Å². The van der Waals surface area contributed by atoms with Crippen molar-refractivity contribution in [1.29, 1.82) is 0 Å². The lowest BCUT2D eigenvalue weighted by molar-refractivity contribution is -0.136. The van der Waals surface area contributed by atoms with E-state index in [4.69, 9.17) is 4.74 Å². The van der Waals surface area contributed by atoms with Crippen LogP contribution in [-0.4, -0.2) is 41.5 Å². The summed E-state index contributed by atoms with van der Waals surface area (Å²) in [5.41, 5.74) is 1.49. The number of likely N-dealkylation sites (tertiary alicyclic amines) is 1. The number of nitrogens with zero attached hydrogens (tertiary/aromatic N) is 1. The summed E-state index contributed by atoms with van der Waals surface area (Å²) < 4.78 is 5.78. The lowest BCUT2D eigenvalue weighted by Crippen LogP contribution is -2.43. The van der Waals surface area contributed by atoms with Gasteiger partial charge in [-0.05, 0) is 42.5 Å².